The molecule has 23 heavy (non-hydrogen) atoms. The first-order valence-electron chi connectivity index (χ1n) is 8.84. The van der Waals surface area contributed by atoms with Gasteiger partial charge in [-0.1, -0.05) is 25.3 Å². The Hall–Kier alpha value is -1.72. The Kier molecular flexibility index (Phi) is 7.23. The molecule has 1 heterocycles. The number of piperidine rings is 1. The molecule has 0 bridgehead atoms. The minimum absolute atomic E-state index is 0.115. The highest BCUT2D eigenvalue weighted by atomic mass is 16.6. The Morgan fingerprint density at radius 1 is 1.13 bits per heavy atom. The molecule has 1 aliphatic carbocycles. The third kappa shape index (κ3) is 6.12. The van der Waals surface area contributed by atoms with Crippen molar-refractivity contribution in [3.8, 4) is 0 Å². The van der Waals surface area contributed by atoms with E-state index in [2.05, 4.69) is 16.7 Å². The molecule has 2 fully saturated rings. The van der Waals surface area contributed by atoms with Gasteiger partial charge in [0.15, 0.2) is 0 Å². The lowest BCUT2D eigenvalue weighted by atomic mass is 9.89. The van der Waals surface area contributed by atoms with E-state index >= 15 is 0 Å². The van der Waals surface area contributed by atoms with Gasteiger partial charge >= 0.3 is 12.1 Å². The number of nitrogens with zero attached hydrogens (tertiary/aromatic N) is 1. The molecule has 2 rings (SSSR count). The van der Waals surface area contributed by atoms with Crippen LogP contribution in [0.5, 0.6) is 0 Å². The van der Waals surface area contributed by atoms with E-state index in [1.54, 1.807) is 18.0 Å². The molecular weight excluding hydrogens is 294 g/mol. The van der Waals surface area contributed by atoms with Gasteiger partial charge in [-0.15, -0.1) is 0 Å². The average Bonchev–Trinajstić information content (AvgIpc) is 2.57. The molecule has 0 aromatic rings. The molecule has 6 nitrogen and oxygen atoms in total. The average molecular weight is 323 g/mol. The summed E-state index contributed by atoms with van der Waals surface area (Å²) in [7, 11) is 0. The summed E-state index contributed by atoms with van der Waals surface area (Å²) in [6.45, 7) is 3.45. The molecule has 130 valence electrons. The summed E-state index contributed by atoms with van der Waals surface area (Å²) in [5.41, 5.74) is 0. The Morgan fingerprint density at radius 3 is 2.48 bits per heavy atom. The summed E-state index contributed by atoms with van der Waals surface area (Å²) in [6, 6.07) is -0.0459. The normalized spacial score (nSPS) is 20.5. The fraction of sp³-hybridized carbons (Fsp3) is 0.765. The molecule has 1 saturated heterocycles. The van der Waals surface area contributed by atoms with Gasteiger partial charge < -0.3 is 20.3 Å². The number of carbonyl (C=O) groups is 2. The van der Waals surface area contributed by atoms with E-state index in [-0.39, 0.29) is 18.2 Å². The van der Waals surface area contributed by atoms with Crippen molar-refractivity contribution in [1.82, 2.24) is 15.5 Å². The van der Waals surface area contributed by atoms with E-state index in [4.69, 9.17) is 4.74 Å². The van der Waals surface area contributed by atoms with E-state index in [0.29, 0.717) is 25.6 Å². The number of nitrogens with one attached hydrogen (secondary N) is 2. The van der Waals surface area contributed by atoms with Crippen LogP contribution in [-0.4, -0.2) is 42.8 Å². The third-order valence-electron chi connectivity index (χ3n) is 4.59. The molecule has 6 heteroatoms. The fourth-order valence-electron chi connectivity index (χ4n) is 3.23. The zero-order valence-electron chi connectivity index (χ0n) is 14.1. The molecule has 0 aromatic heterocycles. The molecule has 0 atom stereocenters. The number of ether oxygens (including phenoxy) is 1. The molecule has 0 unspecified atom stereocenters. The predicted molar refractivity (Wildman–Crippen MR) is 89.0 cm³/mol. The van der Waals surface area contributed by atoms with Gasteiger partial charge in [0.25, 0.3) is 0 Å². The van der Waals surface area contributed by atoms with Crippen LogP contribution in [-0.2, 0) is 4.74 Å². The first-order valence-corrected chi connectivity index (χ1v) is 8.84. The molecule has 0 radical (unpaired) electrons. The third-order valence-corrected chi connectivity index (χ3v) is 4.59. The van der Waals surface area contributed by atoms with E-state index in [0.717, 1.165) is 12.8 Å². The Labute approximate surface area is 138 Å². The minimum Gasteiger partial charge on any atom is -0.450 e. The lowest BCUT2D eigenvalue weighted by molar-refractivity contribution is 0.0958. The molecule has 2 aliphatic rings. The second-order valence-corrected chi connectivity index (χ2v) is 6.34. The molecule has 0 spiro atoms. The summed E-state index contributed by atoms with van der Waals surface area (Å²) in [5, 5.41) is 5.76. The largest absolute Gasteiger partial charge is 0.450 e. The van der Waals surface area contributed by atoms with Gasteiger partial charge in [0.1, 0.15) is 0 Å². The van der Waals surface area contributed by atoms with Crippen molar-refractivity contribution in [2.75, 3.05) is 19.7 Å². The lowest BCUT2D eigenvalue weighted by Crippen LogP contribution is -2.48. The molecule has 0 aromatic carbocycles. The quantitative estimate of drug-likeness (QED) is 0.835. The number of allylic oxidation sites excluding steroid dienone is 1. The fourth-order valence-corrected chi connectivity index (χ4v) is 3.23. The monoisotopic (exact) mass is 323 g/mol. The van der Waals surface area contributed by atoms with Crippen LogP contribution in [0.2, 0.25) is 0 Å². The first kappa shape index (κ1) is 17.6. The van der Waals surface area contributed by atoms with Crippen LogP contribution >= 0.6 is 0 Å². The van der Waals surface area contributed by atoms with Gasteiger partial charge in [-0.05, 0) is 38.5 Å². The van der Waals surface area contributed by atoms with Crippen LogP contribution in [0.4, 0.5) is 9.59 Å². The predicted octanol–water partition coefficient (Wildman–Crippen LogP) is 3.00. The molecule has 1 aliphatic heterocycles. The first-order chi connectivity index (χ1) is 11.2. The number of amides is 3. The van der Waals surface area contributed by atoms with E-state index in [9.17, 15) is 9.59 Å². The van der Waals surface area contributed by atoms with Gasteiger partial charge in [0.2, 0.25) is 0 Å². The number of hydrogen-bond acceptors (Lipinski definition) is 3. The summed E-state index contributed by atoms with van der Waals surface area (Å²) in [6.07, 6.45) is 11.5. The standard InChI is InChI=1S/C17H29N3O3/c1-2-23-17(22)20-12-9-15(10-13-20)19-16(21)18-11-8-14-6-4-3-5-7-14/h8,11,14-15H,2-7,9-10,12-13H2,1H3,(H2,18,19,21)/b11-8+. The maximum absolute atomic E-state index is 11.9. The van der Waals surface area contributed by atoms with Gasteiger partial charge in [-0.2, -0.15) is 0 Å². The number of urea groups is 1. The van der Waals surface area contributed by atoms with Gasteiger partial charge in [0.05, 0.1) is 6.61 Å². The Bertz CT molecular complexity index is 411. The Morgan fingerprint density at radius 2 is 1.83 bits per heavy atom. The van der Waals surface area contributed by atoms with Gasteiger partial charge in [-0.3, -0.25) is 0 Å². The number of hydrogen-bond donors (Lipinski definition) is 2. The highest BCUT2D eigenvalue weighted by Crippen LogP contribution is 2.24. The number of carbonyl (C=O) groups excluding carboxylic acids is 2. The van der Waals surface area contributed by atoms with Crippen molar-refractivity contribution >= 4 is 12.1 Å². The van der Waals surface area contributed by atoms with Crippen molar-refractivity contribution < 1.29 is 14.3 Å². The van der Waals surface area contributed by atoms with Crippen molar-refractivity contribution in [3.63, 3.8) is 0 Å². The van der Waals surface area contributed by atoms with Crippen molar-refractivity contribution in [2.24, 2.45) is 5.92 Å². The molecular formula is C17H29N3O3. The molecule has 3 amide bonds. The zero-order valence-corrected chi connectivity index (χ0v) is 14.1. The maximum atomic E-state index is 11.9. The molecule has 2 N–H and O–H groups in total. The van der Waals surface area contributed by atoms with Gasteiger partial charge in [-0.25, -0.2) is 9.59 Å². The highest BCUT2D eigenvalue weighted by Gasteiger charge is 2.24. The second-order valence-electron chi connectivity index (χ2n) is 6.34. The number of likely N-dealkylation sites (tertiary alicyclic amines) is 1. The van der Waals surface area contributed by atoms with Crippen molar-refractivity contribution in [3.05, 3.63) is 12.3 Å². The zero-order chi connectivity index (χ0) is 16.5. The highest BCUT2D eigenvalue weighted by molar-refractivity contribution is 5.75. The van der Waals surface area contributed by atoms with Crippen LogP contribution in [0.3, 0.4) is 0 Å². The summed E-state index contributed by atoms with van der Waals surface area (Å²) in [5.74, 6) is 0.608. The summed E-state index contributed by atoms with van der Waals surface area (Å²) >= 11 is 0. The topological polar surface area (TPSA) is 70.7 Å². The smallest absolute Gasteiger partial charge is 0.409 e. The van der Waals surface area contributed by atoms with E-state index in [1.165, 1.54) is 32.1 Å². The number of rotatable bonds is 4. The van der Waals surface area contributed by atoms with E-state index < -0.39 is 0 Å². The second kappa shape index (κ2) is 9.43. The van der Waals surface area contributed by atoms with Gasteiger partial charge in [0, 0.05) is 25.3 Å². The van der Waals surface area contributed by atoms with Crippen LogP contribution in [0.25, 0.3) is 0 Å². The lowest BCUT2D eigenvalue weighted by Gasteiger charge is -2.31. The summed E-state index contributed by atoms with van der Waals surface area (Å²) < 4.78 is 4.99. The Balaban J connectivity index is 1.62. The van der Waals surface area contributed by atoms with Crippen LogP contribution in [0, 0.1) is 5.92 Å². The molecule has 1 saturated carbocycles. The van der Waals surface area contributed by atoms with Crippen molar-refractivity contribution in [2.45, 2.75) is 57.9 Å². The van der Waals surface area contributed by atoms with Crippen LogP contribution < -0.4 is 10.6 Å². The summed E-state index contributed by atoms with van der Waals surface area (Å²) in [4.78, 5) is 25.2. The van der Waals surface area contributed by atoms with Crippen molar-refractivity contribution in [1.29, 1.82) is 0 Å². The maximum Gasteiger partial charge on any atom is 0.409 e. The van der Waals surface area contributed by atoms with E-state index in [1.807, 2.05) is 0 Å². The minimum atomic E-state index is -0.259. The van der Waals surface area contributed by atoms with Crippen LogP contribution in [0.15, 0.2) is 12.3 Å². The SMILES string of the molecule is CCOC(=O)N1CCC(NC(=O)N/C=C/C2CCCCC2)CC1. The van der Waals surface area contributed by atoms with Crippen LogP contribution in [0.1, 0.15) is 51.9 Å².